The highest BCUT2D eigenvalue weighted by molar-refractivity contribution is 5.91. The second-order valence-corrected chi connectivity index (χ2v) is 9.54. The zero-order valence-corrected chi connectivity index (χ0v) is 21.9. The van der Waals surface area contributed by atoms with Gasteiger partial charge in [0.2, 0.25) is 5.91 Å². The van der Waals surface area contributed by atoms with Crippen molar-refractivity contribution in [2.24, 2.45) is 0 Å². The zero-order chi connectivity index (χ0) is 27.0. The first-order valence-corrected chi connectivity index (χ1v) is 12.1. The van der Waals surface area contributed by atoms with Gasteiger partial charge in [-0.3, -0.25) is 14.8 Å². The molecule has 4 amide bonds. The number of pyridine rings is 2. The smallest absolute Gasteiger partial charge is 0.410 e. The summed E-state index contributed by atoms with van der Waals surface area (Å²) in [5.41, 5.74) is 1.30. The average Bonchev–Trinajstić information content (AvgIpc) is 2.85. The Morgan fingerprint density at radius 2 is 1.76 bits per heavy atom. The molecule has 3 aromatic rings. The average molecular weight is 507 g/mol. The summed E-state index contributed by atoms with van der Waals surface area (Å²) in [6.07, 6.45) is 6.17. The summed E-state index contributed by atoms with van der Waals surface area (Å²) in [6.45, 7) is 7.82. The van der Waals surface area contributed by atoms with Gasteiger partial charge in [-0.15, -0.1) is 0 Å². The van der Waals surface area contributed by atoms with E-state index in [1.165, 1.54) is 4.90 Å². The summed E-state index contributed by atoms with van der Waals surface area (Å²) in [5.74, 6) is -0.276. The number of benzene rings is 1. The first kappa shape index (κ1) is 27.4. The second kappa shape index (κ2) is 12.2. The van der Waals surface area contributed by atoms with E-state index in [4.69, 9.17) is 4.74 Å². The maximum absolute atomic E-state index is 13.2. The van der Waals surface area contributed by atoms with Gasteiger partial charge in [0.05, 0.1) is 17.9 Å². The molecule has 0 bridgehead atoms. The van der Waals surface area contributed by atoms with Crippen LogP contribution in [-0.2, 0) is 9.53 Å². The molecule has 37 heavy (non-hydrogen) atoms. The van der Waals surface area contributed by atoms with Gasteiger partial charge in [-0.05, 0) is 50.8 Å². The van der Waals surface area contributed by atoms with Crippen LogP contribution in [0, 0.1) is 0 Å². The summed E-state index contributed by atoms with van der Waals surface area (Å²) >= 11 is 0. The van der Waals surface area contributed by atoms with Gasteiger partial charge in [0.1, 0.15) is 5.60 Å². The number of amides is 4. The van der Waals surface area contributed by atoms with Crippen LogP contribution in [0.25, 0.3) is 10.8 Å². The minimum absolute atomic E-state index is 0.0550. The highest BCUT2D eigenvalue weighted by atomic mass is 16.6. The van der Waals surface area contributed by atoms with E-state index >= 15 is 0 Å². The Labute approximate surface area is 216 Å². The van der Waals surface area contributed by atoms with Crippen LogP contribution < -0.4 is 16.0 Å². The molecule has 3 rings (SSSR count). The lowest BCUT2D eigenvalue weighted by Crippen LogP contribution is -2.37. The molecule has 2 heterocycles. The molecule has 3 N–H and O–H groups in total. The molecule has 196 valence electrons. The van der Waals surface area contributed by atoms with Gasteiger partial charge in [0.25, 0.3) is 0 Å². The Bertz CT molecular complexity index is 1250. The highest BCUT2D eigenvalue weighted by Crippen LogP contribution is 2.32. The lowest BCUT2D eigenvalue weighted by Gasteiger charge is -2.26. The van der Waals surface area contributed by atoms with Gasteiger partial charge in [-0.25, -0.2) is 9.59 Å². The van der Waals surface area contributed by atoms with E-state index in [1.54, 1.807) is 58.7 Å². The number of ether oxygens (including phenoxy) is 1. The zero-order valence-electron chi connectivity index (χ0n) is 21.9. The van der Waals surface area contributed by atoms with Crippen LogP contribution in [0.1, 0.15) is 51.3 Å². The number of nitrogens with one attached hydrogen (secondary N) is 3. The fraction of sp³-hybridized carbons (Fsp3) is 0.370. The first-order valence-electron chi connectivity index (χ1n) is 12.1. The molecule has 0 aliphatic carbocycles. The van der Waals surface area contributed by atoms with Crippen molar-refractivity contribution >= 4 is 34.5 Å². The van der Waals surface area contributed by atoms with Crippen molar-refractivity contribution in [3.63, 3.8) is 0 Å². The first-order chi connectivity index (χ1) is 17.6. The van der Waals surface area contributed by atoms with Crippen LogP contribution in [0.4, 0.5) is 15.3 Å². The number of fused-ring (bicyclic) bond motifs is 1. The third-order valence-corrected chi connectivity index (χ3v) is 5.46. The molecule has 1 atom stereocenters. The fourth-order valence-corrected chi connectivity index (χ4v) is 3.73. The van der Waals surface area contributed by atoms with E-state index in [9.17, 15) is 14.4 Å². The Morgan fingerprint density at radius 1 is 1.03 bits per heavy atom. The van der Waals surface area contributed by atoms with Crippen molar-refractivity contribution in [3.05, 3.63) is 66.2 Å². The van der Waals surface area contributed by atoms with E-state index in [1.807, 2.05) is 31.2 Å². The number of aromatic nitrogens is 2. The van der Waals surface area contributed by atoms with Gasteiger partial charge >= 0.3 is 12.1 Å². The molecular weight excluding hydrogens is 472 g/mol. The molecule has 10 nitrogen and oxygen atoms in total. The molecular formula is C27H34N6O4. The van der Waals surface area contributed by atoms with Crippen LogP contribution in [0.3, 0.4) is 0 Å². The number of anilines is 1. The minimum atomic E-state index is -0.629. The van der Waals surface area contributed by atoms with E-state index in [2.05, 4.69) is 25.9 Å². The maximum Gasteiger partial charge on any atom is 0.410 e. The topological polar surface area (TPSA) is 126 Å². The van der Waals surface area contributed by atoms with Crippen LogP contribution in [-0.4, -0.2) is 58.6 Å². The Hall–Kier alpha value is -4.21. The van der Waals surface area contributed by atoms with E-state index < -0.39 is 17.7 Å². The Balaban J connectivity index is 1.91. The van der Waals surface area contributed by atoms with Gasteiger partial charge in [0, 0.05) is 56.1 Å². The highest BCUT2D eigenvalue weighted by Gasteiger charge is 2.24. The van der Waals surface area contributed by atoms with Gasteiger partial charge < -0.3 is 25.6 Å². The van der Waals surface area contributed by atoms with Crippen molar-refractivity contribution in [1.82, 2.24) is 25.5 Å². The number of carbonyl (C=O) groups is 3. The number of nitrogens with zero attached hydrogens (tertiary/aromatic N) is 3. The molecule has 0 aliphatic heterocycles. The van der Waals surface area contributed by atoms with Gasteiger partial charge in [-0.2, -0.15) is 0 Å². The third kappa shape index (κ3) is 7.63. The number of hydrogen-bond donors (Lipinski definition) is 3. The van der Waals surface area contributed by atoms with Crippen molar-refractivity contribution in [2.45, 2.75) is 45.8 Å². The Kier molecular flexibility index (Phi) is 9.00. The fourth-order valence-electron chi connectivity index (χ4n) is 3.73. The quantitative estimate of drug-likeness (QED) is 0.420. The van der Waals surface area contributed by atoms with Crippen molar-refractivity contribution in [2.75, 3.05) is 25.5 Å². The molecule has 0 saturated carbocycles. The third-order valence-electron chi connectivity index (χ3n) is 5.46. The second-order valence-electron chi connectivity index (χ2n) is 9.54. The predicted molar refractivity (Wildman–Crippen MR) is 142 cm³/mol. The molecule has 0 aliphatic rings. The molecule has 0 saturated heterocycles. The van der Waals surface area contributed by atoms with Crippen LogP contribution >= 0.6 is 0 Å². The summed E-state index contributed by atoms with van der Waals surface area (Å²) in [4.78, 5) is 47.6. The molecule has 0 radical (unpaired) electrons. The number of rotatable bonds is 8. The summed E-state index contributed by atoms with van der Waals surface area (Å²) in [7, 11) is 1.59. The molecule has 0 fully saturated rings. The lowest BCUT2D eigenvalue weighted by atomic mass is 9.94. The summed E-state index contributed by atoms with van der Waals surface area (Å²) < 4.78 is 5.37. The van der Waals surface area contributed by atoms with Crippen LogP contribution in [0.5, 0.6) is 0 Å². The monoisotopic (exact) mass is 506 g/mol. The van der Waals surface area contributed by atoms with E-state index in [-0.39, 0.29) is 24.9 Å². The minimum Gasteiger partial charge on any atom is -0.444 e. The van der Waals surface area contributed by atoms with Gasteiger partial charge in [0.15, 0.2) is 0 Å². The molecule has 1 aromatic carbocycles. The van der Waals surface area contributed by atoms with Crippen molar-refractivity contribution in [3.8, 4) is 0 Å². The molecule has 1 unspecified atom stereocenters. The summed E-state index contributed by atoms with van der Waals surface area (Å²) in [5, 5.41) is 10.4. The van der Waals surface area contributed by atoms with E-state index in [0.717, 1.165) is 16.3 Å². The number of hydrogen-bond acceptors (Lipinski definition) is 6. The predicted octanol–water partition coefficient (Wildman–Crippen LogP) is 4.23. The van der Waals surface area contributed by atoms with Crippen molar-refractivity contribution < 1.29 is 19.1 Å². The Morgan fingerprint density at radius 3 is 2.49 bits per heavy atom. The number of urea groups is 1. The largest absolute Gasteiger partial charge is 0.444 e. The molecule has 2 aromatic heterocycles. The van der Waals surface area contributed by atoms with E-state index in [0.29, 0.717) is 17.8 Å². The summed E-state index contributed by atoms with van der Waals surface area (Å²) in [6, 6.07) is 8.45. The SMILES string of the molecule is CCNC(=O)Nc1cnccc1C(NC(=O)CCN(C)C(=O)OC(C)(C)C)c1cccc2ccncc12. The molecule has 0 spiro atoms. The van der Waals surface area contributed by atoms with Crippen LogP contribution in [0.2, 0.25) is 0 Å². The maximum atomic E-state index is 13.2. The lowest BCUT2D eigenvalue weighted by molar-refractivity contribution is -0.121. The standard InChI is InChI=1S/C27H34N6O4/c1-6-30-25(35)31-22-17-29-14-11-20(22)24(19-9-7-8-18-10-13-28-16-21(18)19)32-23(34)12-15-33(5)26(36)37-27(2,3)4/h7-11,13-14,16-17,24H,6,12,15H2,1-5H3,(H,32,34)(H2,30,31,35). The molecule has 10 heteroatoms. The van der Waals surface area contributed by atoms with Gasteiger partial charge in [-0.1, -0.05) is 18.2 Å². The number of carbonyl (C=O) groups excluding carboxylic acids is 3. The van der Waals surface area contributed by atoms with Crippen molar-refractivity contribution in [1.29, 1.82) is 0 Å². The van der Waals surface area contributed by atoms with Crippen LogP contribution in [0.15, 0.2) is 55.1 Å². The normalized spacial score (nSPS) is 11.9.